The summed E-state index contributed by atoms with van der Waals surface area (Å²) >= 11 is 5.72. The number of nitrogens with zero attached hydrogens (tertiary/aromatic N) is 1. The Hall–Kier alpha value is -2.34. The lowest BCUT2D eigenvalue weighted by molar-refractivity contribution is 0.101. The van der Waals surface area contributed by atoms with Gasteiger partial charge in [-0.2, -0.15) is 0 Å². The maximum absolute atomic E-state index is 11.7. The zero-order valence-corrected chi connectivity index (χ0v) is 10.6. The molecule has 0 bridgehead atoms. The largest absolute Gasteiger partial charge is 0.493 e. The molecule has 0 spiro atoms. The molecule has 1 aromatic carbocycles. The lowest BCUT2D eigenvalue weighted by Gasteiger charge is -2.09. The smallest absolute Gasteiger partial charge is 0.335 e. The van der Waals surface area contributed by atoms with Crippen LogP contribution in [0.5, 0.6) is 5.88 Å². The normalized spacial score (nSPS) is 10.4. The number of hydrogen-bond acceptors (Lipinski definition) is 4. The number of Topliss-reactive ketones (excluding diaryl/α,β-unsaturated/α-hetero) is 1. The molecule has 0 saturated carbocycles. The van der Waals surface area contributed by atoms with E-state index in [1.165, 1.54) is 24.3 Å². The second-order valence-electron chi connectivity index (χ2n) is 3.83. The third-order valence-corrected chi connectivity index (χ3v) is 2.77. The molecule has 0 saturated heterocycles. The number of halogens is 1. The van der Waals surface area contributed by atoms with Crippen molar-refractivity contribution < 1.29 is 9.90 Å². The number of carbonyl (C=O) groups is 1. The van der Waals surface area contributed by atoms with E-state index in [4.69, 9.17) is 11.6 Å². The Morgan fingerprint density at radius 1 is 1.26 bits per heavy atom. The van der Waals surface area contributed by atoms with Gasteiger partial charge in [-0.05, 0) is 31.2 Å². The lowest BCUT2D eigenvalue weighted by Crippen LogP contribution is -2.32. The summed E-state index contributed by atoms with van der Waals surface area (Å²) in [6.07, 6.45) is 0. The number of carbonyl (C=O) groups excluding carboxylic acids is 1. The summed E-state index contributed by atoms with van der Waals surface area (Å²) in [4.78, 5) is 36.5. The van der Waals surface area contributed by atoms with Crippen LogP contribution in [-0.4, -0.2) is 20.4 Å². The fraction of sp³-hybridized carbons (Fsp3) is 0.0833. The quantitative estimate of drug-likeness (QED) is 0.805. The van der Waals surface area contributed by atoms with E-state index in [0.29, 0.717) is 5.02 Å². The molecule has 2 N–H and O–H groups in total. The van der Waals surface area contributed by atoms with Crippen molar-refractivity contribution in [2.75, 3.05) is 0 Å². The van der Waals surface area contributed by atoms with Crippen LogP contribution in [0.3, 0.4) is 0 Å². The number of benzene rings is 1. The van der Waals surface area contributed by atoms with Gasteiger partial charge >= 0.3 is 5.69 Å². The number of aromatic nitrogens is 2. The summed E-state index contributed by atoms with van der Waals surface area (Å²) in [5.74, 6) is -1.33. The van der Waals surface area contributed by atoms with E-state index < -0.39 is 28.5 Å². The predicted molar refractivity (Wildman–Crippen MR) is 69.3 cm³/mol. The van der Waals surface area contributed by atoms with Crippen LogP contribution in [0.2, 0.25) is 5.02 Å². The van der Waals surface area contributed by atoms with Gasteiger partial charge in [-0.25, -0.2) is 9.36 Å². The highest BCUT2D eigenvalue weighted by Gasteiger charge is 2.18. The van der Waals surface area contributed by atoms with Crippen molar-refractivity contribution in [2.45, 2.75) is 6.92 Å². The minimum Gasteiger partial charge on any atom is -0.493 e. The Labute approximate surface area is 111 Å². The van der Waals surface area contributed by atoms with Crippen LogP contribution in [0.15, 0.2) is 33.9 Å². The minimum atomic E-state index is -0.916. The van der Waals surface area contributed by atoms with Crippen LogP contribution in [0.1, 0.15) is 17.3 Å². The highest BCUT2D eigenvalue weighted by atomic mass is 35.5. The number of hydrogen-bond donors (Lipinski definition) is 2. The van der Waals surface area contributed by atoms with Gasteiger partial charge in [-0.3, -0.25) is 14.6 Å². The Balaban J connectivity index is 2.81. The van der Waals surface area contributed by atoms with Crippen molar-refractivity contribution in [2.24, 2.45) is 0 Å². The van der Waals surface area contributed by atoms with E-state index >= 15 is 0 Å². The molecule has 19 heavy (non-hydrogen) atoms. The van der Waals surface area contributed by atoms with Crippen LogP contribution >= 0.6 is 11.6 Å². The van der Waals surface area contributed by atoms with Crippen LogP contribution in [0.4, 0.5) is 0 Å². The fourth-order valence-corrected chi connectivity index (χ4v) is 1.80. The van der Waals surface area contributed by atoms with Gasteiger partial charge in [0, 0.05) is 5.02 Å². The lowest BCUT2D eigenvalue weighted by atomic mass is 10.2. The second kappa shape index (κ2) is 4.74. The van der Waals surface area contributed by atoms with E-state index in [0.717, 1.165) is 11.5 Å². The van der Waals surface area contributed by atoms with E-state index in [1.807, 2.05) is 4.98 Å². The van der Waals surface area contributed by atoms with Gasteiger partial charge in [0.05, 0.1) is 5.69 Å². The SMILES string of the molecule is CC(=O)c1c(O)n(-c2ccc(Cl)cc2)c(=O)[nH]c1=O. The summed E-state index contributed by atoms with van der Waals surface area (Å²) in [5.41, 5.74) is -1.93. The predicted octanol–water partition coefficient (Wildman–Crippen LogP) is 1.09. The zero-order valence-electron chi connectivity index (χ0n) is 9.81. The number of ketones is 1. The van der Waals surface area contributed by atoms with Gasteiger partial charge in [0.15, 0.2) is 5.78 Å². The van der Waals surface area contributed by atoms with Crippen molar-refractivity contribution in [1.29, 1.82) is 0 Å². The molecular weight excluding hydrogens is 272 g/mol. The van der Waals surface area contributed by atoms with Gasteiger partial charge in [0.25, 0.3) is 5.56 Å². The number of aromatic amines is 1. The average molecular weight is 281 g/mol. The number of aromatic hydroxyl groups is 1. The summed E-state index contributed by atoms with van der Waals surface area (Å²) in [7, 11) is 0. The van der Waals surface area contributed by atoms with E-state index in [1.54, 1.807) is 0 Å². The zero-order chi connectivity index (χ0) is 14.2. The summed E-state index contributed by atoms with van der Waals surface area (Å²) in [5, 5.41) is 10.4. The van der Waals surface area contributed by atoms with E-state index in [9.17, 15) is 19.5 Å². The monoisotopic (exact) mass is 280 g/mol. The van der Waals surface area contributed by atoms with Crippen LogP contribution in [0, 0.1) is 0 Å². The summed E-state index contributed by atoms with van der Waals surface area (Å²) in [6.45, 7) is 1.13. The van der Waals surface area contributed by atoms with Crippen LogP contribution < -0.4 is 11.2 Å². The molecule has 0 radical (unpaired) electrons. The second-order valence-corrected chi connectivity index (χ2v) is 4.26. The summed E-state index contributed by atoms with van der Waals surface area (Å²) in [6, 6.07) is 5.99. The van der Waals surface area contributed by atoms with Crippen molar-refractivity contribution in [3.8, 4) is 11.6 Å². The first kappa shape index (κ1) is 13.1. The third kappa shape index (κ3) is 2.30. The molecule has 7 heteroatoms. The third-order valence-electron chi connectivity index (χ3n) is 2.52. The molecule has 0 aliphatic carbocycles. The molecule has 98 valence electrons. The highest BCUT2D eigenvalue weighted by molar-refractivity contribution is 6.30. The van der Waals surface area contributed by atoms with Gasteiger partial charge in [-0.1, -0.05) is 11.6 Å². The molecule has 0 atom stereocenters. The maximum Gasteiger partial charge on any atom is 0.335 e. The topological polar surface area (TPSA) is 92.2 Å². The molecular formula is C12H9ClN2O4. The van der Waals surface area contributed by atoms with Crippen molar-refractivity contribution in [1.82, 2.24) is 9.55 Å². The van der Waals surface area contributed by atoms with Crippen LogP contribution in [-0.2, 0) is 0 Å². The van der Waals surface area contributed by atoms with Gasteiger partial charge in [0.2, 0.25) is 5.88 Å². The van der Waals surface area contributed by atoms with Crippen molar-refractivity contribution >= 4 is 17.4 Å². The maximum atomic E-state index is 11.7. The summed E-state index contributed by atoms with van der Waals surface area (Å²) < 4.78 is 0.828. The van der Waals surface area contributed by atoms with E-state index in [2.05, 4.69) is 0 Å². The molecule has 1 aromatic heterocycles. The molecule has 0 unspecified atom stereocenters. The van der Waals surface area contributed by atoms with Gasteiger partial charge in [-0.15, -0.1) is 0 Å². The molecule has 6 nitrogen and oxygen atoms in total. The van der Waals surface area contributed by atoms with Crippen molar-refractivity contribution in [3.63, 3.8) is 0 Å². The first-order valence-electron chi connectivity index (χ1n) is 5.27. The number of rotatable bonds is 2. The van der Waals surface area contributed by atoms with Gasteiger partial charge in [0.1, 0.15) is 5.56 Å². The first-order chi connectivity index (χ1) is 8.91. The molecule has 2 rings (SSSR count). The molecule has 1 heterocycles. The highest BCUT2D eigenvalue weighted by Crippen LogP contribution is 2.18. The molecule has 0 fully saturated rings. The first-order valence-corrected chi connectivity index (χ1v) is 5.65. The molecule has 0 amide bonds. The molecule has 0 aliphatic rings. The Morgan fingerprint density at radius 2 is 1.84 bits per heavy atom. The van der Waals surface area contributed by atoms with E-state index in [-0.39, 0.29) is 5.69 Å². The molecule has 2 aromatic rings. The average Bonchev–Trinajstić information content (AvgIpc) is 2.30. The van der Waals surface area contributed by atoms with Crippen LogP contribution in [0.25, 0.3) is 5.69 Å². The standard InChI is InChI=1S/C12H9ClN2O4/c1-6(16)9-10(17)14-12(19)15(11(9)18)8-4-2-7(13)3-5-8/h2-5,18H,1H3,(H,14,17,19). The Morgan fingerprint density at radius 3 is 2.37 bits per heavy atom. The van der Waals surface area contributed by atoms with Crippen molar-refractivity contribution in [3.05, 3.63) is 55.7 Å². The Bertz CT molecular complexity index is 759. The minimum absolute atomic E-state index is 0.283. The fourth-order valence-electron chi connectivity index (χ4n) is 1.67. The Kier molecular flexibility index (Phi) is 3.26. The molecule has 0 aliphatic heterocycles. The van der Waals surface area contributed by atoms with Gasteiger partial charge < -0.3 is 5.11 Å². The number of nitrogens with one attached hydrogen (secondary N) is 1. The number of H-pyrrole nitrogens is 1.